The molecule has 7 heteroatoms. The fraction of sp³-hybridized carbons (Fsp3) is 1.00. The van der Waals surface area contributed by atoms with Crippen LogP contribution in [-0.2, 0) is 10.0 Å². The number of β-amino-alcohol motifs (C(OH)–C–C–N with tert-alkyl or cyclic N) is 1. The third-order valence-electron chi connectivity index (χ3n) is 2.82. The summed E-state index contributed by atoms with van der Waals surface area (Å²) in [6, 6.07) is 0. The number of hydrogen-bond donors (Lipinski definition) is 1. The lowest BCUT2D eigenvalue weighted by molar-refractivity contribution is -0.0782. The SMILES string of the molecule is O=S(=O)(C(F)F)N1CC(O)(C2CC2)C1. The van der Waals surface area contributed by atoms with Crippen LogP contribution in [0.5, 0.6) is 0 Å². The molecule has 0 amide bonds. The van der Waals surface area contributed by atoms with E-state index in [9.17, 15) is 22.3 Å². The van der Waals surface area contributed by atoms with E-state index in [1.165, 1.54) is 0 Å². The monoisotopic (exact) mass is 227 g/mol. The van der Waals surface area contributed by atoms with Crippen molar-refractivity contribution in [2.24, 2.45) is 5.92 Å². The largest absolute Gasteiger partial charge is 0.387 e. The van der Waals surface area contributed by atoms with Crippen LogP contribution >= 0.6 is 0 Å². The molecule has 0 aromatic carbocycles. The van der Waals surface area contributed by atoms with Crippen molar-refractivity contribution in [1.29, 1.82) is 0 Å². The average molecular weight is 227 g/mol. The Morgan fingerprint density at radius 2 is 1.86 bits per heavy atom. The van der Waals surface area contributed by atoms with Gasteiger partial charge < -0.3 is 5.11 Å². The standard InChI is InChI=1S/C7H11F2NO3S/c8-6(9)14(12,13)10-3-7(11,4-10)5-1-2-5/h5-6,11H,1-4H2. The zero-order valence-corrected chi connectivity index (χ0v) is 8.17. The van der Waals surface area contributed by atoms with Gasteiger partial charge in [0.05, 0.1) is 5.60 Å². The van der Waals surface area contributed by atoms with E-state index in [-0.39, 0.29) is 19.0 Å². The molecule has 0 aromatic heterocycles. The van der Waals surface area contributed by atoms with Crippen LogP contribution in [0.2, 0.25) is 0 Å². The number of halogens is 2. The number of sulfonamides is 1. The summed E-state index contributed by atoms with van der Waals surface area (Å²) in [6.07, 6.45) is 1.72. The van der Waals surface area contributed by atoms with Gasteiger partial charge in [-0.3, -0.25) is 0 Å². The van der Waals surface area contributed by atoms with Gasteiger partial charge in [0.2, 0.25) is 0 Å². The molecule has 1 N–H and O–H groups in total. The van der Waals surface area contributed by atoms with Crippen LogP contribution in [-0.4, -0.2) is 42.3 Å². The molecule has 0 atom stereocenters. The average Bonchev–Trinajstić information content (AvgIpc) is 2.80. The summed E-state index contributed by atoms with van der Waals surface area (Å²) in [5.74, 6) is -3.28. The predicted octanol–water partition coefficient (Wildman–Crippen LogP) is -0.00450. The summed E-state index contributed by atoms with van der Waals surface area (Å²) in [6.45, 7) is -0.353. The van der Waals surface area contributed by atoms with Crippen molar-refractivity contribution < 1.29 is 22.3 Å². The van der Waals surface area contributed by atoms with Gasteiger partial charge in [-0.2, -0.15) is 13.1 Å². The van der Waals surface area contributed by atoms with Crippen LogP contribution in [0.25, 0.3) is 0 Å². The number of hydrogen-bond acceptors (Lipinski definition) is 3. The van der Waals surface area contributed by atoms with Crippen molar-refractivity contribution in [1.82, 2.24) is 4.31 Å². The van der Waals surface area contributed by atoms with Crippen LogP contribution in [0.15, 0.2) is 0 Å². The van der Waals surface area contributed by atoms with E-state index in [0.29, 0.717) is 4.31 Å². The van der Waals surface area contributed by atoms with Crippen LogP contribution < -0.4 is 0 Å². The Morgan fingerprint density at radius 1 is 1.36 bits per heavy atom. The Morgan fingerprint density at radius 3 is 2.21 bits per heavy atom. The molecule has 1 saturated heterocycles. The number of alkyl halides is 2. The molecule has 2 rings (SSSR count). The normalized spacial score (nSPS) is 27.7. The lowest BCUT2D eigenvalue weighted by atomic mass is 9.91. The first-order chi connectivity index (χ1) is 6.36. The van der Waals surface area contributed by atoms with Gasteiger partial charge in [-0.1, -0.05) is 0 Å². The van der Waals surface area contributed by atoms with E-state index >= 15 is 0 Å². The molecule has 1 aliphatic carbocycles. The summed E-state index contributed by atoms with van der Waals surface area (Å²) < 4.78 is 46.5. The van der Waals surface area contributed by atoms with Crippen molar-refractivity contribution in [2.45, 2.75) is 24.2 Å². The van der Waals surface area contributed by atoms with E-state index in [1.807, 2.05) is 0 Å². The van der Waals surface area contributed by atoms with Crippen LogP contribution in [0.1, 0.15) is 12.8 Å². The predicted molar refractivity (Wildman–Crippen MR) is 44.2 cm³/mol. The molecule has 0 bridgehead atoms. The molecule has 2 aliphatic rings. The third-order valence-corrected chi connectivity index (χ3v) is 4.25. The second kappa shape index (κ2) is 2.86. The summed E-state index contributed by atoms with van der Waals surface area (Å²) in [5.41, 5.74) is -1.04. The minimum absolute atomic E-state index is 0.103. The van der Waals surface area contributed by atoms with Gasteiger partial charge in [-0.05, 0) is 18.8 Å². The van der Waals surface area contributed by atoms with Gasteiger partial charge in [0.1, 0.15) is 0 Å². The van der Waals surface area contributed by atoms with Crippen molar-refractivity contribution in [2.75, 3.05) is 13.1 Å². The molecule has 1 aliphatic heterocycles. The lowest BCUT2D eigenvalue weighted by Crippen LogP contribution is -2.65. The van der Waals surface area contributed by atoms with Gasteiger partial charge in [-0.25, -0.2) is 8.42 Å². The Labute approximate surface area is 80.6 Å². The summed E-state index contributed by atoms with van der Waals surface area (Å²) in [7, 11) is -4.48. The maximum Gasteiger partial charge on any atom is 0.350 e. The van der Waals surface area contributed by atoms with Crippen LogP contribution in [0, 0.1) is 5.92 Å². The minimum Gasteiger partial charge on any atom is -0.387 e. The molecular weight excluding hydrogens is 216 g/mol. The highest BCUT2D eigenvalue weighted by Gasteiger charge is 2.56. The van der Waals surface area contributed by atoms with E-state index in [4.69, 9.17) is 0 Å². The van der Waals surface area contributed by atoms with Crippen molar-refractivity contribution in [3.05, 3.63) is 0 Å². The van der Waals surface area contributed by atoms with E-state index < -0.39 is 21.4 Å². The van der Waals surface area contributed by atoms with Crippen LogP contribution in [0.4, 0.5) is 8.78 Å². The van der Waals surface area contributed by atoms with E-state index in [0.717, 1.165) is 12.8 Å². The molecular formula is C7H11F2NO3S. The summed E-state index contributed by atoms with van der Waals surface area (Å²) in [4.78, 5) is 0. The molecule has 1 heterocycles. The van der Waals surface area contributed by atoms with Gasteiger partial charge in [0, 0.05) is 13.1 Å². The summed E-state index contributed by atoms with van der Waals surface area (Å²) in [5, 5.41) is 9.71. The fourth-order valence-electron chi connectivity index (χ4n) is 1.74. The highest BCUT2D eigenvalue weighted by molar-refractivity contribution is 7.89. The topological polar surface area (TPSA) is 57.6 Å². The highest BCUT2D eigenvalue weighted by Crippen LogP contribution is 2.45. The zero-order valence-electron chi connectivity index (χ0n) is 7.36. The maximum absolute atomic E-state index is 12.0. The molecule has 0 spiro atoms. The van der Waals surface area contributed by atoms with Crippen molar-refractivity contribution >= 4 is 10.0 Å². The van der Waals surface area contributed by atoms with Crippen molar-refractivity contribution in [3.8, 4) is 0 Å². The number of nitrogens with zero attached hydrogens (tertiary/aromatic N) is 1. The minimum atomic E-state index is -4.48. The molecule has 1 saturated carbocycles. The molecule has 14 heavy (non-hydrogen) atoms. The summed E-state index contributed by atoms with van der Waals surface area (Å²) >= 11 is 0. The quantitative estimate of drug-likeness (QED) is 0.738. The Hall–Kier alpha value is -0.270. The van der Waals surface area contributed by atoms with Crippen LogP contribution in [0.3, 0.4) is 0 Å². The molecule has 0 radical (unpaired) electrons. The first-order valence-electron chi connectivity index (χ1n) is 4.36. The third kappa shape index (κ3) is 1.43. The second-order valence-electron chi connectivity index (χ2n) is 3.95. The smallest absolute Gasteiger partial charge is 0.350 e. The fourth-order valence-corrected chi connectivity index (χ4v) is 2.77. The molecule has 4 nitrogen and oxygen atoms in total. The van der Waals surface area contributed by atoms with Gasteiger partial charge in [-0.15, -0.1) is 0 Å². The Kier molecular flexibility index (Phi) is 2.10. The molecule has 0 aromatic rings. The highest BCUT2D eigenvalue weighted by atomic mass is 32.2. The Balaban J connectivity index is 2.00. The van der Waals surface area contributed by atoms with E-state index in [1.54, 1.807) is 0 Å². The van der Waals surface area contributed by atoms with Gasteiger partial charge >= 0.3 is 5.76 Å². The van der Waals surface area contributed by atoms with Gasteiger partial charge in [0.25, 0.3) is 10.0 Å². The van der Waals surface area contributed by atoms with E-state index in [2.05, 4.69) is 0 Å². The molecule has 2 fully saturated rings. The number of aliphatic hydroxyl groups is 1. The Bertz CT molecular complexity index is 333. The maximum atomic E-state index is 12.0. The lowest BCUT2D eigenvalue weighted by Gasteiger charge is -2.45. The van der Waals surface area contributed by atoms with Crippen molar-refractivity contribution in [3.63, 3.8) is 0 Å². The first kappa shape index (κ1) is 10.3. The molecule has 82 valence electrons. The zero-order chi connectivity index (χ0) is 10.6. The second-order valence-corrected chi connectivity index (χ2v) is 5.85. The molecule has 0 unspecified atom stereocenters. The number of rotatable bonds is 3. The first-order valence-corrected chi connectivity index (χ1v) is 5.86. The van der Waals surface area contributed by atoms with Gasteiger partial charge in [0.15, 0.2) is 0 Å².